The van der Waals surface area contributed by atoms with Gasteiger partial charge in [-0.05, 0) is 66.2 Å². The lowest BCUT2D eigenvalue weighted by atomic mass is 10.1. The number of hydrogen-bond acceptors (Lipinski definition) is 6. The fourth-order valence-corrected chi connectivity index (χ4v) is 4.19. The van der Waals surface area contributed by atoms with Crippen molar-refractivity contribution in [2.24, 2.45) is 0 Å². The maximum absolute atomic E-state index is 12.8. The number of ether oxygens (including phenoxy) is 1. The van der Waals surface area contributed by atoms with Crippen molar-refractivity contribution in [3.05, 3.63) is 103 Å². The summed E-state index contributed by atoms with van der Waals surface area (Å²) >= 11 is 0. The van der Waals surface area contributed by atoms with Gasteiger partial charge in [-0.3, -0.25) is 4.79 Å². The average molecular weight is 470 g/mol. The van der Waals surface area contributed by atoms with Crippen LogP contribution in [0.4, 0.5) is 0 Å². The van der Waals surface area contributed by atoms with E-state index in [-0.39, 0.29) is 16.5 Å². The van der Waals surface area contributed by atoms with E-state index in [4.69, 9.17) is 4.74 Å². The van der Waals surface area contributed by atoms with Gasteiger partial charge in [0, 0.05) is 23.6 Å². The number of carbonyl (C=O) groups is 1. The Labute approximate surface area is 196 Å². The summed E-state index contributed by atoms with van der Waals surface area (Å²) in [6.45, 7) is 0. The number of benzene rings is 3. The SMILES string of the molecule is CS(=O)(=O)c1ccc(-c2cccnc2Oc2ccc(C(=O)c3nc4ccccc4[nH]3)cc2)cc1. The Balaban J connectivity index is 1.38. The van der Waals surface area contributed by atoms with Crippen molar-refractivity contribution in [2.75, 3.05) is 6.26 Å². The highest BCUT2D eigenvalue weighted by molar-refractivity contribution is 7.90. The van der Waals surface area contributed by atoms with E-state index in [2.05, 4.69) is 15.0 Å². The van der Waals surface area contributed by atoms with E-state index < -0.39 is 9.84 Å². The highest BCUT2D eigenvalue weighted by atomic mass is 32.2. The summed E-state index contributed by atoms with van der Waals surface area (Å²) in [7, 11) is -3.28. The number of hydrogen-bond donors (Lipinski definition) is 1. The van der Waals surface area contributed by atoms with E-state index in [9.17, 15) is 13.2 Å². The van der Waals surface area contributed by atoms with Crippen LogP contribution in [0.25, 0.3) is 22.2 Å². The number of sulfone groups is 1. The summed E-state index contributed by atoms with van der Waals surface area (Å²) in [5.41, 5.74) is 3.50. The number of imidazole rings is 1. The van der Waals surface area contributed by atoms with Crippen molar-refractivity contribution in [3.63, 3.8) is 0 Å². The lowest BCUT2D eigenvalue weighted by molar-refractivity contribution is 0.103. The van der Waals surface area contributed by atoms with Crippen LogP contribution in [-0.4, -0.2) is 35.4 Å². The van der Waals surface area contributed by atoms with Crippen molar-refractivity contribution in [2.45, 2.75) is 4.90 Å². The van der Waals surface area contributed by atoms with Crippen molar-refractivity contribution in [1.29, 1.82) is 0 Å². The normalized spacial score (nSPS) is 11.4. The number of aromatic amines is 1. The van der Waals surface area contributed by atoms with Crippen molar-refractivity contribution in [1.82, 2.24) is 15.0 Å². The topological polar surface area (TPSA) is 102 Å². The van der Waals surface area contributed by atoms with Crippen LogP contribution in [-0.2, 0) is 9.84 Å². The first kappa shape index (κ1) is 21.5. The first-order valence-corrected chi connectivity index (χ1v) is 12.3. The Bertz CT molecular complexity index is 1570. The Morgan fingerprint density at radius 3 is 2.32 bits per heavy atom. The number of rotatable bonds is 6. The van der Waals surface area contributed by atoms with Gasteiger partial charge >= 0.3 is 0 Å². The van der Waals surface area contributed by atoms with Gasteiger partial charge < -0.3 is 9.72 Å². The van der Waals surface area contributed by atoms with Crippen LogP contribution < -0.4 is 4.74 Å². The molecule has 0 aliphatic rings. The fraction of sp³-hybridized carbons (Fsp3) is 0.0385. The number of nitrogens with zero attached hydrogens (tertiary/aromatic N) is 2. The molecule has 2 heterocycles. The van der Waals surface area contributed by atoms with Gasteiger partial charge in [-0.2, -0.15) is 0 Å². The molecule has 0 saturated carbocycles. The lowest BCUT2D eigenvalue weighted by Crippen LogP contribution is -2.03. The maximum atomic E-state index is 12.8. The van der Waals surface area contributed by atoms with Crippen LogP contribution in [0.3, 0.4) is 0 Å². The first-order chi connectivity index (χ1) is 16.4. The first-order valence-electron chi connectivity index (χ1n) is 10.4. The molecule has 2 aromatic heterocycles. The molecule has 1 N–H and O–H groups in total. The quantitative estimate of drug-likeness (QED) is 0.349. The van der Waals surface area contributed by atoms with Gasteiger partial charge in [-0.25, -0.2) is 18.4 Å². The second kappa shape index (κ2) is 8.57. The van der Waals surface area contributed by atoms with Crippen LogP contribution in [0.5, 0.6) is 11.6 Å². The molecule has 0 unspecified atom stereocenters. The summed E-state index contributed by atoms with van der Waals surface area (Å²) in [6.07, 6.45) is 2.78. The molecule has 0 aliphatic heterocycles. The number of fused-ring (bicyclic) bond motifs is 1. The van der Waals surface area contributed by atoms with E-state index in [1.54, 1.807) is 60.8 Å². The molecular weight excluding hydrogens is 450 g/mol. The molecule has 0 fully saturated rings. The van der Waals surface area contributed by atoms with Crippen molar-refractivity contribution < 1.29 is 17.9 Å². The van der Waals surface area contributed by atoms with Crippen LogP contribution in [0.15, 0.2) is 96.0 Å². The van der Waals surface area contributed by atoms with Gasteiger partial charge in [0.15, 0.2) is 15.7 Å². The molecular formula is C26H19N3O4S. The third kappa shape index (κ3) is 4.31. The number of pyridine rings is 1. The van der Waals surface area contributed by atoms with Gasteiger partial charge in [-0.1, -0.05) is 24.3 Å². The summed E-state index contributed by atoms with van der Waals surface area (Å²) in [6, 6.07) is 24.4. The molecule has 3 aromatic carbocycles. The molecule has 168 valence electrons. The van der Waals surface area contributed by atoms with E-state index in [1.807, 2.05) is 30.3 Å². The van der Waals surface area contributed by atoms with Crippen molar-refractivity contribution in [3.8, 4) is 22.8 Å². The molecule has 0 atom stereocenters. The van der Waals surface area contributed by atoms with Crippen molar-refractivity contribution >= 4 is 26.7 Å². The third-order valence-corrected chi connectivity index (χ3v) is 6.43. The minimum Gasteiger partial charge on any atom is -0.438 e. The molecule has 5 rings (SSSR count). The average Bonchev–Trinajstić information content (AvgIpc) is 3.28. The van der Waals surface area contributed by atoms with E-state index in [0.717, 1.165) is 16.6 Å². The lowest BCUT2D eigenvalue weighted by Gasteiger charge is -2.11. The van der Waals surface area contributed by atoms with Gasteiger partial charge in [0.2, 0.25) is 11.7 Å². The number of nitrogens with one attached hydrogen (secondary N) is 1. The third-order valence-electron chi connectivity index (χ3n) is 5.30. The molecule has 0 bridgehead atoms. The zero-order valence-corrected chi connectivity index (χ0v) is 18.9. The summed E-state index contributed by atoms with van der Waals surface area (Å²) in [5, 5.41) is 0. The van der Waals surface area contributed by atoms with E-state index in [0.29, 0.717) is 22.8 Å². The molecule has 34 heavy (non-hydrogen) atoms. The number of H-pyrrole nitrogens is 1. The van der Waals surface area contributed by atoms with Gasteiger partial charge in [0.05, 0.1) is 15.9 Å². The predicted molar refractivity (Wildman–Crippen MR) is 129 cm³/mol. The molecule has 7 nitrogen and oxygen atoms in total. The zero-order valence-electron chi connectivity index (χ0n) is 18.1. The van der Waals surface area contributed by atoms with Crippen LogP contribution >= 0.6 is 0 Å². The van der Waals surface area contributed by atoms with E-state index in [1.165, 1.54) is 6.26 Å². The molecule has 0 spiro atoms. The summed E-state index contributed by atoms with van der Waals surface area (Å²) in [4.78, 5) is 24.8. The Hall–Kier alpha value is -4.30. The number of para-hydroxylation sites is 2. The highest BCUT2D eigenvalue weighted by Gasteiger charge is 2.15. The zero-order chi connectivity index (χ0) is 23.7. The maximum Gasteiger partial charge on any atom is 0.228 e. The predicted octanol–water partition coefficient (Wildman–Crippen LogP) is 5.05. The molecule has 8 heteroatoms. The fourth-order valence-electron chi connectivity index (χ4n) is 3.56. The Morgan fingerprint density at radius 2 is 1.62 bits per heavy atom. The molecule has 0 aliphatic carbocycles. The number of ketones is 1. The monoisotopic (exact) mass is 469 g/mol. The largest absolute Gasteiger partial charge is 0.438 e. The van der Waals surface area contributed by atoms with Gasteiger partial charge in [0.1, 0.15) is 5.75 Å². The smallest absolute Gasteiger partial charge is 0.228 e. The van der Waals surface area contributed by atoms with Gasteiger partial charge in [0.25, 0.3) is 0 Å². The number of carbonyl (C=O) groups excluding carboxylic acids is 1. The summed E-state index contributed by atoms with van der Waals surface area (Å²) < 4.78 is 29.5. The molecule has 0 saturated heterocycles. The second-order valence-corrected chi connectivity index (χ2v) is 9.73. The Morgan fingerprint density at radius 1 is 0.882 bits per heavy atom. The van der Waals surface area contributed by atoms with E-state index >= 15 is 0 Å². The summed E-state index contributed by atoms with van der Waals surface area (Å²) in [5.74, 6) is 0.937. The van der Waals surface area contributed by atoms with Crippen LogP contribution in [0.1, 0.15) is 16.2 Å². The minimum absolute atomic E-state index is 0.216. The number of aromatic nitrogens is 3. The minimum atomic E-state index is -3.28. The molecule has 0 radical (unpaired) electrons. The van der Waals surface area contributed by atoms with Gasteiger partial charge in [-0.15, -0.1) is 0 Å². The Kier molecular flexibility index (Phi) is 5.43. The van der Waals surface area contributed by atoms with Crippen LogP contribution in [0, 0.1) is 0 Å². The second-order valence-electron chi connectivity index (χ2n) is 7.71. The van der Waals surface area contributed by atoms with Crippen LogP contribution in [0.2, 0.25) is 0 Å². The standard InChI is InChI=1S/C26H19N3O4S/c1-34(31,32)20-14-10-17(11-15-20)21-5-4-16-27-26(21)33-19-12-8-18(9-13-19)24(30)25-28-22-6-2-3-7-23(22)29-25/h2-16H,1H3,(H,28,29). The highest BCUT2D eigenvalue weighted by Crippen LogP contribution is 2.32. The molecule has 0 amide bonds. The molecule has 5 aromatic rings.